The van der Waals surface area contributed by atoms with Crippen LogP contribution in [0.3, 0.4) is 0 Å². The Hall–Kier alpha value is -1.46. The fourth-order valence-corrected chi connectivity index (χ4v) is 1.92. The number of hydrogen-bond donors (Lipinski definition) is 1. The van der Waals surface area contributed by atoms with Crippen LogP contribution >= 0.6 is 15.9 Å². The van der Waals surface area contributed by atoms with E-state index in [9.17, 15) is 5.11 Å². The molecule has 2 aromatic rings. The van der Waals surface area contributed by atoms with Gasteiger partial charge in [0.15, 0.2) is 0 Å². The van der Waals surface area contributed by atoms with Crippen molar-refractivity contribution in [2.24, 2.45) is 0 Å². The van der Waals surface area contributed by atoms with Crippen molar-refractivity contribution >= 4 is 15.9 Å². The number of hydrogen-bond acceptors (Lipinski definition) is 4. The van der Waals surface area contributed by atoms with E-state index in [1.54, 1.807) is 0 Å². The molecule has 0 spiro atoms. The number of aliphatic hydroxyl groups excluding tert-OH is 1. The largest absolute Gasteiger partial charge is 0.480 e. The average molecular weight is 309 g/mol. The van der Waals surface area contributed by atoms with Gasteiger partial charge in [-0.15, -0.1) is 0 Å². The van der Waals surface area contributed by atoms with Gasteiger partial charge in [-0.1, -0.05) is 28.1 Å². The second-order valence-corrected chi connectivity index (χ2v) is 4.72. The molecule has 1 unspecified atom stereocenters. The third-order valence-electron chi connectivity index (χ3n) is 2.64. The highest BCUT2D eigenvalue weighted by Crippen LogP contribution is 2.28. The van der Waals surface area contributed by atoms with Gasteiger partial charge in [0.05, 0.1) is 7.11 Å². The summed E-state index contributed by atoms with van der Waals surface area (Å²) < 4.78 is 6.10. The molecule has 0 bridgehead atoms. The van der Waals surface area contributed by atoms with E-state index in [1.807, 2.05) is 25.1 Å². The molecule has 0 radical (unpaired) electrons. The predicted octanol–water partition coefficient (Wildman–Crippen LogP) is 2.64. The monoisotopic (exact) mass is 308 g/mol. The number of ether oxygens (including phenoxy) is 1. The lowest BCUT2D eigenvalue weighted by Gasteiger charge is -2.13. The van der Waals surface area contributed by atoms with Crippen molar-refractivity contribution in [3.63, 3.8) is 0 Å². The molecule has 2 rings (SSSR count). The Bertz CT molecular complexity index is 560. The molecule has 0 aliphatic rings. The first-order valence-electron chi connectivity index (χ1n) is 5.42. The summed E-state index contributed by atoms with van der Waals surface area (Å²) in [5.74, 6) is 0.338. The van der Waals surface area contributed by atoms with Crippen LogP contribution in [-0.4, -0.2) is 22.2 Å². The summed E-state index contributed by atoms with van der Waals surface area (Å²) in [6.07, 6.45) is 2.22. The van der Waals surface area contributed by atoms with Crippen LogP contribution in [0.15, 0.2) is 35.1 Å². The van der Waals surface area contributed by atoms with Gasteiger partial charge < -0.3 is 9.84 Å². The van der Waals surface area contributed by atoms with Gasteiger partial charge in [-0.05, 0) is 24.1 Å². The summed E-state index contributed by atoms with van der Waals surface area (Å²) in [6.45, 7) is 1.97. The minimum Gasteiger partial charge on any atom is -0.480 e. The molecule has 0 saturated heterocycles. The van der Waals surface area contributed by atoms with Crippen LogP contribution in [0, 0.1) is 6.92 Å². The van der Waals surface area contributed by atoms with E-state index in [0.29, 0.717) is 11.6 Å². The smallest absolute Gasteiger partial charge is 0.238 e. The highest BCUT2D eigenvalue weighted by molar-refractivity contribution is 9.10. The minimum atomic E-state index is -0.847. The third-order valence-corrected chi connectivity index (χ3v) is 3.53. The Kier molecular flexibility index (Phi) is 3.93. The van der Waals surface area contributed by atoms with E-state index in [4.69, 9.17) is 4.74 Å². The lowest BCUT2D eigenvalue weighted by Crippen LogP contribution is -2.06. The molecule has 0 aliphatic carbocycles. The van der Waals surface area contributed by atoms with Crippen molar-refractivity contribution in [2.45, 2.75) is 13.0 Å². The van der Waals surface area contributed by atoms with E-state index in [0.717, 1.165) is 15.6 Å². The van der Waals surface area contributed by atoms with E-state index >= 15 is 0 Å². The minimum absolute atomic E-state index is 0.338. The second kappa shape index (κ2) is 5.46. The van der Waals surface area contributed by atoms with Crippen LogP contribution in [0.1, 0.15) is 22.9 Å². The first-order valence-corrected chi connectivity index (χ1v) is 6.21. The quantitative estimate of drug-likeness (QED) is 0.947. The Morgan fingerprint density at radius 3 is 2.67 bits per heavy atom. The van der Waals surface area contributed by atoms with Crippen LogP contribution in [0.5, 0.6) is 5.88 Å². The van der Waals surface area contributed by atoms with E-state index < -0.39 is 6.10 Å². The van der Waals surface area contributed by atoms with Crippen molar-refractivity contribution in [1.29, 1.82) is 0 Å². The summed E-state index contributed by atoms with van der Waals surface area (Å²) in [5, 5.41) is 10.3. The molecule has 0 saturated carbocycles. The summed E-state index contributed by atoms with van der Waals surface area (Å²) in [4.78, 5) is 8.16. The van der Waals surface area contributed by atoms with Crippen molar-refractivity contribution in [2.75, 3.05) is 7.11 Å². The zero-order chi connectivity index (χ0) is 13.1. The maximum atomic E-state index is 10.3. The normalized spacial score (nSPS) is 12.2. The van der Waals surface area contributed by atoms with Crippen LogP contribution in [-0.2, 0) is 0 Å². The standard InChI is InChI=1S/C13H13BrN2O2/c1-8-7-9(3-4-10(8)14)12(17)11-13(18-2)16-6-5-15-11/h3-7,12,17H,1-2H3. The Morgan fingerprint density at radius 2 is 2.00 bits per heavy atom. The summed E-state index contributed by atoms with van der Waals surface area (Å²) in [5.41, 5.74) is 2.23. The molecule has 94 valence electrons. The average Bonchev–Trinajstić information content (AvgIpc) is 2.41. The van der Waals surface area contributed by atoms with Gasteiger partial charge in [-0.3, -0.25) is 4.98 Å². The maximum Gasteiger partial charge on any atom is 0.238 e. The van der Waals surface area contributed by atoms with Crippen molar-refractivity contribution in [1.82, 2.24) is 9.97 Å². The van der Waals surface area contributed by atoms with Crippen molar-refractivity contribution in [3.05, 3.63) is 51.9 Å². The number of benzene rings is 1. The first kappa shape index (κ1) is 13.0. The molecular formula is C13H13BrN2O2. The highest BCUT2D eigenvalue weighted by atomic mass is 79.9. The topological polar surface area (TPSA) is 55.2 Å². The Labute approximate surface area is 114 Å². The van der Waals surface area contributed by atoms with Crippen LogP contribution < -0.4 is 4.74 Å². The highest BCUT2D eigenvalue weighted by Gasteiger charge is 2.18. The second-order valence-electron chi connectivity index (χ2n) is 3.86. The molecule has 1 aromatic heterocycles. The molecular weight excluding hydrogens is 296 g/mol. The molecule has 18 heavy (non-hydrogen) atoms. The van der Waals surface area contributed by atoms with Gasteiger partial charge in [0.2, 0.25) is 5.88 Å². The number of aliphatic hydroxyl groups is 1. The van der Waals surface area contributed by atoms with Gasteiger partial charge in [-0.25, -0.2) is 4.98 Å². The van der Waals surface area contributed by atoms with Gasteiger partial charge >= 0.3 is 0 Å². The van der Waals surface area contributed by atoms with Gasteiger partial charge in [0.1, 0.15) is 11.8 Å². The van der Waals surface area contributed by atoms with Crippen LogP contribution in [0.2, 0.25) is 0 Å². The third kappa shape index (κ3) is 2.52. The number of methoxy groups -OCH3 is 1. The SMILES string of the molecule is COc1nccnc1C(O)c1ccc(Br)c(C)c1. The molecule has 1 heterocycles. The first-order chi connectivity index (χ1) is 8.63. The van der Waals surface area contributed by atoms with Gasteiger partial charge in [0.25, 0.3) is 0 Å². The van der Waals surface area contributed by atoms with Crippen molar-refractivity contribution in [3.8, 4) is 5.88 Å². The lowest BCUT2D eigenvalue weighted by atomic mass is 10.0. The maximum absolute atomic E-state index is 10.3. The number of aromatic nitrogens is 2. The Balaban J connectivity index is 2.41. The van der Waals surface area contributed by atoms with E-state index in [-0.39, 0.29) is 0 Å². The molecule has 5 heteroatoms. The molecule has 1 N–H and O–H groups in total. The van der Waals surface area contributed by atoms with Crippen LogP contribution in [0.4, 0.5) is 0 Å². The molecule has 1 atom stereocenters. The molecule has 0 fully saturated rings. The summed E-state index contributed by atoms with van der Waals surface area (Å²) >= 11 is 3.43. The van der Waals surface area contributed by atoms with E-state index in [2.05, 4.69) is 25.9 Å². The zero-order valence-electron chi connectivity index (χ0n) is 10.1. The van der Waals surface area contributed by atoms with Gasteiger partial charge in [-0.2, -0.15) is 0 Å². The number of halogens is 1. The summed E-state index contributed by atoms with van der Waals surface area (Å²) in [6, 6.07) is 5.65. The predicted molar refractivity (Wildman–Crippen MR) is 71.5 cm³/mol. The molecule has 4 nitrogen and oxygen atoms in total. The van der Waals surface area contributed by atoms with Crippen LogP contribution in [0.25, 0.3) is 0 Å². The summed E-state index contributed by atoms with van der Waals surface area (Å²) in [7, 11) is 1.51. The zero-order valence-corrected chi connectivity index (χ0v) is 11.7. The molecule has 0 amide bonds. The molecule has 1 aromatic carbocycles. The fraction of sp³-hybridized carbons (Fsp3) is 0.231. The number of nitrogens with zero attached hydrogens (tertiary/aromatic N) is 2. The van der Waals surface area contributed by atoms with Crippen molar-refractivity contribution < 1.29 is 9.84 Å². The number of rotatable bonds is 3. The van der Waals surface area contributed by atoms with Gasteiger partial charge in [0, 0.05) is 16.9 Å². The van der Waals surface area contributed by atoms with E-state index in [1.165, 1.54) is 19.5 Å². The number of aryl methyl sites for hydroxylation is 1. The Morgan fingerprint density at radius 1 is 1.28 bits per heavy atom. The fourth-order valence-electron chi connectivity index (χ4n) is 1.68. The molecule has 0 aliphatic heterocycles. The lowest BCUT2D eigenvalue weighted by molar-refractivity contribution is 0.207.